The second kappa shape index (κ2) is 12.5. The average molecular weight is 543 g/mol. The standard InChI is InChI=1S/C18H25N3O2.2C2HF3O2/c22-17(21-9-1-2-10-21)18-6-12-23-16(18)5-11-20(14-18)13-15-3-7-19-8-4-15;2*3-2(4,5)1(6)7/h3-4,7-8,16H,1-2,5-6,9-14H2;2*(H,6,7)/t16-,18-;;/m1../s1. The molecule has 3 aliphatic rings. The second-order valence-electron chi connectivity index (χ2n) is 8.73. The van der Waals surface area contributed by atoms with E-state index >= 15 is 0 Å². The Labute approximate surface area is 208 Å². The van der Waals surface area contributed by atoms with Gasteiger partial charge in [0.2, 0.25) is 5.91 Å². The Balaban J connectivity index is 0.000000286. The number of hydrogen-bond acceptors (Lipinski definition) is 6. The van der Waals surface area contributed by atoms with Gasteiger partial charge in [0.25, 0.3) is 0 Å². The molecular formula is C22H27F6N3O6. The quantitative estimate of drug-likeness (QED) is 0.559. The molecule has 0 spiro atoms. The minimum Gasteiger partial charge on any atom is -0.475 e. The third kappa shape index (κ3) is 8.55. The van der Waals surface area contributed by atoms with E-state index in [1.165, 1.54) is 5.56 Å². The number of likely N-dealkylation sites (tertiary alicyclic amines) is 2. The van der Waals surface area contributed by atoms with Crippen LogP contribution in [0.5, 0.6) is 0 Å². The molecule has 15 heteroatoms. The highest BCUT2D eigenvalue weighted by atomic mass is 19.4. The van der Waals surface area contributed by atoms with E-state index in [9.17, 15) is 31.1 Å². The Morgan fingerprint density at radius 3 is 1.97 bits per heavy atom. The lowest BCUT2D eigenvalue weighted by Crippen LogP contribution is -2.57. The summed E-state index contributed by atoms with van der Waals surface area (Å²) in [6.45, 7) is 5.31. The summed E-state index contributed by atoms with van der Waals surface area (Å²) < 4.78 is 69.4. The van der Waals surface area contributed by atoms with Gasteiger partial charge in [-0.15, -0.1) is 0 Å². The molecule has 1 aromatic heterocycles. The van der Waals surface area contributed by atoms with Crippen molar-refractivity contribution in [2.24, 2.45) is 5.41 Å². The monoisotopic (exact) mass is 543 g/mol. The number of pyridine rings is 1. The fraction of sp³-hybridized carbons (Fsp3) is 0.636. The summed E-state index contributed by atoms with van der Waals surface area (Å²) in [5.41, 5.74) is 0.955. The van der Waals surface area contributed by atoms with Gasteiger partial charge in [0.15, 0.2) is 0 Å². The molecule has 0 aromatic carbocycles. The smallest absolute Gasteiger partial charge is 0.475 e. The largest absolute Gasteiger partial charge is 0.490 e. The van der Waals surface area contributed by atoms with E-state index in [1.807, 2.05) is 12.4 Å². The molecule has 9 nitrogen and oxygen atoms in total. The Morgan fingerprint density at radius 2 is 1.49 bits per heavy atom. The van der Waals surface area contributed by atoms with Crippen LogP contribution in [0.15, 0.2) is 24.5 Å². The van der Waals surface area contributed by atoms with Gasteiger partial charge >= 0.3 is 24.3 Å². The highest BCUT2D eigenvalue weighted by molar-refractivity contribution is 5.84. The van der Waals surface area contributed by atoms with Crippen LogP contribution in [0, 0.1) is 5.41 Å². The highest BCUT2D eigenvalue weighted by Crippen LogP contribution is 2.43. The Bertz CT molecular complexity index is 900. The van der Waals surface area contributed by atoms with E-state index in [-0.39, 0.29) is 11.5 Å². The molecule has 2 atom stereocenters. The van der Waals surface area contributed by atoms with Gasteiger partial charge in [-0.2, -0.15) is 26.3 Å². The highest BCUT2D eigenvalue weighted by Gasteiger charge is 2.54. The molecule has 37 heavy (non-hydrogen) atoms. The predicted molar refractivity (Wildman–Crippen MR) is 114 cm³/mol. The van der Waals surface area contributed by atoms with Crippen LogP contribution in [0.2, 0.25) is 0 Å². The van der Waals surface area contributed by atoms with Crippen LogP contribution < -0.4 is 0 Å². The van der Waals surface area contributed by atoms with Crippen LogP contribution in [0.3, 0.4) is 0 Å². The SMILES string of the molecule is O=C(N1CCCC1)[C@@]12CCO[C@@H]1CCN(Cc1ccncc1)C2.O=C(O)C(F)(F)F.O=C(O)C(F)(F)F. The average Bonchev–Trinajstić information content (AvgIpc) is 3.49. The molecule has 2 N–H and O–H groups in total. The first-order chi connectivity index (χ1) is 17.2. The zero-order valence-electron chi connectivity index (χ0n) is 19.6. The Morgan fingerprint density at radius 1 is 0.973 bits per heavy atom. The van der Waals surface area contributed by atoms with Crippen molar-refractivity contribution < 1.29 is 55.7 Å². The number of aliphatic carboxylic acids is 2. The predicted octanol–water partition coefficient (Wildman–Crippen LogP) is 2.95. The zero-order chi connectivity index (χ0) is 27.9. The number of hydrogen-bond donors (Lipinski definition) is 2. The van der Waals surface area contributed by atoms with Gasteiger partial charge in [-0.1, -0.05) is 0 Å². The molecule has 3 aliphatic heterocycles. The van der Waals surface area contributed by atoms with Crippen molar-refractivity contribution in [3.05, 3.63) is 30.1 Å². The fourth-order valence-electron chi connectivity index (χ4n) is 4.45. The maximum atomic E-state index is 13.2. The minimum absolute atomic E-state index is 0.115. The molecule has 4 rings (SSSR count). The molecule has 1 aromatic rings. The minimum atomic E-state index is -5.08. The van der Waals surface area contributed by atoms with E-state index < -0.39 is 24.3 Å². The molecule has 4 heterocycles. The van der Waals surface area contributed by atoms with Crippen molar-refractivity contribution in [1.29, 1.82) is 0 Å². The molecule has 0 radical (unpaired) electrons. The summed E-state index contributed by atoms with van der Waals surface area (Å²) in [5.74, 6) is -5.17. The molecular weight excluding hydrogens is 516 g/mol. The number of nitrogens with zero attached hydrogens (tertiary/aromatic N) is 3. The van der Waals surface area contributed by atoms with Crippen LogP contribution in [0.4, 0.5) is 26.3 Å². The maximum Gasteiger partial charge on any atom is 0.490 e. The van der Waals surface area contributed by atoms with Gasteiger partial charge in [-0.25, -0.2) is 9.59 Å². The Hall–Kier alpha value is -2.94. The lowest BCUT2D eigenvalue weighted by Gasteiger charge is -2.44. The molecule has 0 unspecified atom stereocenters. The number of carbonyl (C=O) groups is 3. The zero-order valence-corrected chi connectivity index (χ0v) is 19.6. The summed E-state index contributed by atoms with van der Waals surface area (Å²) in [6, 6.07) is 4.12. The Kier molecular flexibility index (Phi) is 10.3. The number of carbonyl (C=O) groups excluding carboxylic acids is 1. The normalized spacial score (nSPS) is 23.7. The maximum absolute atomic E-state index is 13.2. The van der Waals surface area contributed by atoms with E-state index in [2.05, 4.69) is 26.9 Å². The van der Waals surface area contributed by atoms with Crippen molar-refractivity contribution in [3.63, 3.8) is 0 Å². The summed E-state index contributed by atoms with van der Waals surface area (Å²) in [5, 5.41) is 14.2. The third-order valence-electron chi connectivity index (χ3n) is 6.16. The van der Waals surface area contributed by atoms with E-state index in [4.69, 9.17) is 24.5 Å². The van der Waals surface area contributed by atoms with Crippen LogP contribution in [0.25, 0.3) is 0 Å². The number of amides is 1. The fourth-order valence-corrected chi connectivity index (χ4v) is 4.45. The van der Waals surface area contributed by atoms with E-state index in [0.717, 1.165) is 65.0 Å². The van der Waals surface area contributed by atoms with Crippen LogP contribution in [-0.4, -0.2) is 94.1 Å². The van der Waals surface area contributed by atoms with Gasteiger partial charge in [0.05, 0.1) is 11.5 Å². The van der Waals surface area contributed by atoms with E-state index in [1.54, 1.807) is 0 Å². The van der Waals surface area contributed by atoms with Crippen molar-refractivity contribution in [2.75, 3.05) is 32.8 Å². The van der Waals surface area contributed by atoms with Crippen molar-refractivity contribution >= 4 is 17.8 Å². The summed E-state index contributed by atoms with van der Waals surface area (Å²) in [6.07, 6.45) is -2.24. The lowest BCUT2D eigenvalue weighted by atomic mass is 9.75. The lowest BCUT2D eigenvalue weighted by molar-refractivity contribution is -0.193. The van der Waals surface area contributed by atoms with Gasteiger partial charge in [-0.3, -0.25) is 14.7 Å². The molecule has 0 aliphatic carbocycles. The van der Waals surface area contributed by atoms with Gasteiger partial charge < -0.3 is 19.8 Å². The van der Waals surface area contributed by atoms with Gasteiger partial charge in [-0.05, 0) is 43.4 Å². The molecule has 0 saturated carbocycles. The first kappa shape index (κ1) is 30.3. The number of ether oxygens (including phenoxy) is 1. The third-order valence-corrected chi connectivity index (χ3v) is 6.16. The van der Waals surface area contributed by atoms with Gasteiger partial charge in [0, 0.05) is 51.7 Å². The molecule has 3 fully saturated rings. The number of rotatable bonds is 3. The summed E-state index contributed by atoms with van der Waals surface area (Å²) in [7, 11) is 0. The molecule has 3 saturated heterocycles. The summed E-state index contributed by atoms with van der Waals surface area (Å²) in [4.78, 5) is 39.6. The van der Waals surface area contributed by atoms with Crippen molar-refractivity contribution in [2.45, 2.75) is 50.7 Å². The van der Waals surface area contributed by atoms with Crippen molar-refractivity contribution in [3.8, 4) is 0 Å². The van der Waals surface area contributed by atoms with Crippen LogP contribution in [0.1, 0.15) is 31.2 Å². The molecule has 208 valence electrons. The number of halogens is 6. The number of carboxylic acid groups (broad SMARTS) is 2. The second-order valence-corrected chi connectivity index (χ2v) is 8.73. The van der Waals surface area contributed by atoms with Gasteiger partial charge in [0.1, 0.15) is 0 Å². The van der Waals surface area contributed by atoms with E-state index in [0.29, 0.717) is 5.91 Å². The topological polar surface area (TPSA) is 120 Å². The first-order valence-electron chi connectivity index (χ1n) is 11.3. The summed E-state index contributed by atoms with van der Waals surface area (Å²) >= 11 is 0. The number of fused-ring (bicyclic) bond motifs is 1. The number of piperidine rings is 1. The van der Waals surface area contributed by atoms with Crippen LogP contribution >= 0.6 is 0 Å². The molecule has 0 bridgehead atoms. The number of carboxylic acids is 2. The number of alkyl halides is 6. The first-order valence-corrected chi connectivity index (χ1v) is 11.3. The molecule has 1 amide bonds. The van der Waals surface area contributed by atoms with Crippen molar-refractivity contribution in [1.82, 2.24) is 14.8 Å². The van der Waals surface area contributed by atoms with Crippen LogP contribution in [-0.2, 0) is 25.7 Å². The number of aromatic nitrogens is 1.